The number of likely N-dealkylation sites (N-methyl/N-ethyl adjacent to an activating group) is 1. The second-order valence-electron chi connectivity index (χ2n) is 7.76. The van der Waals surface area contributed by atoms with Crippen molar-refractivity contribution in [3.05, 3.63) is 52.1 Å². The summed E-state index contributed by atoms with van der Waals surface area (Å²) in [6, 6.07) is 2.87. The molecule has 1 aromatic heterocycles. The maximum atomic E-state index is 13.9. The Labute approximate surface area is 203 Å². The molecule has 1 aromatic carbocycles. The van der Waals surface area contributed by atoms with Crippen LogP contribution in [0.1, 0.15) is 46.7 Å². The van der Waals surface area contributed by atoms with Crippen LogP contribution in [0.15, 0.2) is 18.2 Å². The van der Waals surface area contributed by atoms with Crippen LogP contribution in [-0.4, -0.2) is 53.9 Å². The molecule has 0 bridgehead atoms. The standard InChI is InChI=1S/C23H29FN6O3.ClH/c1-5-29(6-2)10-9-26-21(31)20-13(3)18(27-14(20)4)12-17-16-11-15(24)7-8-19(16)30(22(17)32)23(33)28-25;/h7-8,11-12,27H,5-6,9-10,25H2,1-4H3,(H,26,31)(H,28,33);1H. The summed E-state index contributed by atoms with van der Waals surface area (Å²) in [4.78, 5) is 44.2. The van der Waals surface area contributed by atoms with Gasteiger partial charge in [-0.2, -0.15) is 0 Å². The van der Waals surface area contributed by atoms with E-state index in [1.165, 1.54) is 18.2 Å². The molecule has 0 aliphatic carbocycles. The number of rotatable bonds is 7. The number of imide groups is 1. The number of carbonyl (C=O) groups excluding carboxylic acids is 3. The van der Waals surface area contributed by atoms with Crippen LogP contribution in [-0.2, 0) is 4.79 Å². The molecule has 0 radical (unpaired) electrons. The van der Waals surface area contributed by atoms with Crippen molar-refractivity contribution in [1.82, 2.24) is 20.6 Å². The number of anilines is 1. The summed E-state index contributed by atoms with van der Waals surface area (Å²) in [6.45, 7) is 10.7. The minimum absolute atomic E-state index is 0. The van der Waals surface area contributed by atoms with E-state index in [1.54, 1.807) is 13.8 Å². The number of H-pyrrole nitrogens is 1. The van der Waals surface area contributed by atoms with Crippen LogP contribution >= 0.6 is 12.4 Å². The van der Waals surface area contributed by atoms with Crippen molar-refractivity contribution in [2.75, 3.05) is 31.1 Å². The zero-order valence-corrected chi connectivity index (χ0v) is 20.4. The summed E-state index contributed by atoms with van der Waals surface area (Å²) in [7, 11) is 0. The van der Waals surface area contributed by atoms with E-state index in [0.29, 0.717) is 29.1 Å². The number of carbonyl (C=O) groups is 3. The number of hydrogen-bond acceptors (Lipinski definition) is 5. The number of nitrogens with two attached hydrogens (primary N) is 1. The predicted molar refractivity (Wildman–Crippen MR) is 132 cm³/mol. The molecule has 0 atom stereocenters. The van der Waals surface area contributed by atoms with Crippen LogP contribution in [0.2, 0.25) is 0 Å². The molecule has 0 saturated heterocycles. The fourth-order valence-corrected chi connectivity index (χ4v) is 4.03. The minimum atomic E-state index is -0.830. The van der Waals surface area contributed by atoms with Gasteiger partial charge in [0.05, 0.1) is 16.8 Å². The molecule has 2 heterocycles. The lowest BCUT2D eigenvalue weighted by Gasteiger charge is -2.18. The maximum Gasteiger partial charge on any atom is 0.343 e. The lowest BCUT2D eigenvalue weighted by Crippen LogP contribution is -2.44. The Kier molecular flexibility index (Phi) is 8.97. The summed E-state index contributed by atoms with van der Waals surface area (Å²) < 4.78 is 13.9. The summed E-state index contributed by atoms with van der Waals surface area (Å²) in [5.41, 5.74) is 4.84. The zero-order chi connectivity index (χ0) is 24.3. The van der Waals surface area contributed by atoms with Crippen molar-refractivity contribution in [2.45, 2.75) is 27.7 Å². The van der Waals surface area contributed by atoms with Gasteiger partial charge in [0.25, 0.3) is 11.8 Å². The second-order valence-corrected chi connectivity index (χ2v) is 7.76. The highest BCUT2D eigenvalue weighted by molar-refractivity contribution is 6.42. The number of aromatic amines is 1. The summed E-state index contributed by atoms with van der Waals surface area (Å²) in [6.07, 6.45) is 1.53. The highest BCUT2D eigenvalue weighted by Gasteiger charge is 2.37. The van der Waals surface area contributed by atoms with E-state index < -0.39 is 17.8 Å². The van der Waals surface area contributed by atoms with Crippen LogP contribution in [0.3, 0.4) is 0 Å². The van der Waals surface area contributed by atoms with Crippen molar-refractivity contribution < 1.29 is 18.8 Å². The molecule has 2 aromatic rings. The SMILES string of the molecule is CCN(CC)CCNC(=O)c1c(C)[nH]c(C=C2C(=O)N(C(=O)NN)c3ccc(F)cc32)c1C.Cl. The number of amides is 4. The van der Waals surface area contributed by atoms with Gasteiger partial charge in [-0.05, 0) is 56.8 Å². The number of benzene rings is 1. The van der Waals surface area contributed by atoms with E-state index in [-0.39, 0.29) is 35.1 Å². The second kappa shape index (κ2) is 11.3. The number of fused-ring (bicyclic) bond motifs is 1. The topological polar surface area (TPSA) is 124 Å². The molecule has 0 spiro atoms. The molecule has 0 unspecified atom stereocenters. The Bertz CT molecular complexity index is 1130. The first kappa shape index (κ1) is 27.0. The van der Waals surface area contributed by atoms with Gasteiger partial charge in [-0.15, -0.1) is 12.4 Å². The summed E-state index contributed by atoms with van der Waals surface area (Å²) in [5.74, 6) is 3.81. The molecule has 1 aliphatic rings. The van der Waals surface area contributed by atoms with Gasteiger partial charge in [-0.1, -0.05) is 13.8 Å². The van der Waals surface area contributed by atoms with E-state index in [4.69, 9.17) is 5.84 Å². The predicted octanol–water partition coefficient (Wildman–Crippen LogP) is 2.73. The van der Waals surface area contributed by atoms with Gasteiger partial charge in [0.2, 0.25) is 0 Å². The van der Waals surface area contributed by atoms with Crippen LogP contribution in [0.4, 0.5) is 14.9 Å². The average Bonchev–Trinajstić information content (AvgIpc) is 3.22. The van der Waals surface area contributed by atoms with E-state index >= 15 is 0 Å². The molecule has 3 rings (SSSR count). The minimum Gasteiger partial charge on any atom is -0.358 e. The highest BCUT2D eigenvalue weighted by atomic mass is 35.5. The van der Waals surface area contributed by atoms with E-state index in [2.05, 4.69) is 29.0 Å². The molecular formula is C23H30ClFN6O3. The van der Waals surface area contributed by atoms with Crippen molar-refractivity contribution >= 4 is 47.6 Å². The summed E-state index contributed by atoms with van der Waals surface area (Å²) >= 11 is 0. The molecule has 0 fully saturated rings. The first-order valence-electron chi connectivity index (χ1n) is 10.8. The normalized spacial score (nSPS) is 13.8. The Morgan fingerprint density at radius 2 is 1.91 bits per heavy atom. The van der Waals surface area contributed by atoms with E-state index in [9.17, 15) is 18.8 Å². The maximum absolute atomic E-state index is 13.9. The molecule has 5 N–H and O–H groups in total. The van der Waals surface area contributed by atoms with Crippen LogP contribution in [0, 0.1) is 19.7 Å². The zero-order valence-electron chi connectivity index (χ0n) is 19.6. The fraction of sp³-hybridized carbons (Fsp3) is 0.348. The fourth-order valence-electron chi connectivity index (χ4n) is 4.03. The van der Waals surface area contributed by atoms with Crippen LogP contribution in [0.25, 0.3) is 11.6 Å². The Morgan fingerprint density at radius 1 is 1.24 bits per heavy atom. The molecule has 184 valence electrons. The first-order chi connectivity index (χ1) is 15.7. The number of aryl methyl sites for hydroxylation is 1. The van der Waals surface area contributed by atoms with E-state index in [0.717, 1.165) is 30.6 Å². The van der Waals surface area contributed by atoms with Gasteiger partial charge >= 0.3 is 6.03 Å². The number of urea groups is 1. The molecule has 1 aliphatic heterocycles. The summed E-state index contributed by atoms with van der Waals surface area (Å²) in [5, 5.41) is 2.94. The third-order valence-electron chi connectivity index (χ3n) is 5.85. The smallest absolute Gasteiger partial charge is 0.343 e. The molecular weight excluding hydrogens is 463 g/mol. The highest BCUT2D eigenvalue weighted by Crippen LogP contribution is 2.38. The van der Waals surface area contributed by atoms with Crippen molar-refractivity contribution in [3.63, 3.8) is 0 Å². The van der Waals surface area contributed by atoms with Crippen LogP contribution in [0.5, 0.6) is 0 Å². The third-order valence-corrected chi connectivity index (χ3v) is 5.85. The van der Waals surface area contributed by atoms with Gasteiger partial charge < -0.3 is 15.2 Å². The number of nitrogens with zero attached hydrogens (tertiary/aromatic N) is 2. The van der Waals surface area contributed by atoms with Gasteiger partial charge in [0.1, 0.15) is 5.82 Å². The van der Waals surface area contributed by atoms with Gasteiger partial charge in [-0.25, -0.2) is 19.9 Å². The Morgan fingerprint density at radius 3 is 2.53 bits per heavy atom. The van der Waals surface area contributed by atoms with Gasteiger partial charge in [-0.3, -0.25) is 15.0 Å². The largest absolute Gasteiger partial charge is 0.358 e. The van der Waals surface area contributed by atoms with Gasteiger partial charge in [0, 0.05) is 30.0 Å². The molecule has 4 amide bonds. The van der Waals surface area contributed by atoms with Crippen LogP contribution < -0.4 is 21.5 Å². The quantitative estimate of drug-likeness (QED) is 0.205. The number of hydrogen-bond donors (Lipinski definition) is 4. The molecule has 0 saturated carbocycles. The molecule has 11 heteroatoms. The Balaban J connectivity index is 0.00000408. The number of nitrogens with one attached hydrogen (secondary N) is 3. The van der Waals surface area contributed by atoms with E-state index in [1.807, 2.05) is 5.43 Å². The van der Waals surface area contributed by atoms with Crippen molar-refractivity contribution in [2.24, 2.45) is 5.84 Å². The molecule has 9 nitrogen and oxygen atoms in total. The average molecular weight is 493 g/mol. The monoisotopic (exact) mass is 492 g/mol. The lowest BCUT2D eigenvalue weighted by atomic mass is 10.0. The van der Waals surface area contributed by atoms with Crippen molar-refractivity contribution in [3.8, 4) is 0 Å². The Hall–Kier alpha value is -3.21. The number of hydrazine groups is 1. The first-order valence-corrected chi connectivity index (χ1v) is 10.8. The number of aromatic nitrogens is 1. The third kappa shape index (κ3) is 5.14. The van der Waals surface area contributed by atoms with Gasteiger partial charge in [0.15, 0.2) is 0 Å². The molecule has 34 heavy (non-hydrogen) atoms. The van der Waals surface area contributed by atoms with Crippen molar-refractivity contribution in [1.29, 1.82) is 0 Å². The number of halogens is 2. The lowest BCUT2D eigenvalue weighted by molar-refractivity contribution is -0.112.